The van der Waals surface area contributed by atoms with Gasteiger partial charge >= 0.3 is 0 Å². The van der Waals surface area contributed by atoms with E-state index in [0.717, 1.165) is 10.0 Å². The van der Waals surface area contributed by atoms with E-state index in [1.165, 1.54) is 6.07 Å². The van der Waals surface area contributed by atoms with Crippen molar-refractivity contribution < 1.29 is 19.4 Å². The summed E-state index contributed by atoms with van der Waals surface area (Å²) in [6, 6.07) is 12.3. The largest absolute Gasteiger partial charge is 0.545 e. The molecular formula is C19H11BrNO4-. The molecule has 0 aliphatic carbocycles. The Labute approximate surface area is 151 Å². The normalized spacial score (nSPS) is 12.8. The summed E-state index contributed by atoms with van der Waals surface area (Å²) in [5.41, 5.74) is 2.14. The van der Waals surface area contributed by atoms with Crippen molar-refractivity contribution in [1.29, 1.82) is 0 Å². The molecule has 0 N–H and O–H groups in total. The third-order valence-electron chi connectivity index (χ3n) is 3.85. The quantitative estimate of drug-likeness (QED) is 0.679. The van der Waals surface area contributed by atoms with E-state index in [1.54, 1.807) is 24.3 Å². The number of halogens is 1. The van der Waals surface area contributed by atoms with Crippen LogP contribution in [0.15, 0.2) is 46.9 Å². The first-order valence-corrected chi connectivity index (χ1v) is 8.29. The molecule has 0 bridgehead atoms. The maximum Gasteiger partial charge on any atom is 0.231 e. The van der Waals surface area contributed by atoms with E-state index >= 15 is 0 Å². The molecule has 5 nitrogen and oxygen atoms in total. The van der Waals surface area contributed by atoms with Gasteiger partial charge in [0.15, 0.2) is 11.5 Å². The zero-order valence-corrected chi connectivity index (χ0v) is 14.4. The summed E-state index contributed by atoms with van der Waals surface area (Å²) in [7, 11) is 0. The lowest BCUT2D eigenvalue weighted by Gasteiger charge is -2.08. The highest BCUT2D eigenvalue weighted by Crippen LogP contribution is 2.40. The molecule has 2 heterocycles. The SMILES string of the molecule is O=C([O-])c1cc(/C=C/c2cc(Br)c3c(c2)OCO3)nc2ccccc12. The molecule has 1 aromatic heterocycles. The predicted octanol–water partition coefficient (Wildman–Crippen LogP) is 3.26. The number of hydrogen-bond donors (Lipinski definition) is 0. The lowest BCUT2D eigenvalue weighted by Crippen LogP contribution is -2.22. The van der Waals surface area contributed by atoms with Crippen molar-refractivity contribution >= 4 is 45.0 Å². The van der Waals surface area contributed by atoms with Crippen LogP contribution in [-0.4, -0.2) is 17.7 Å². The molecule has 1 aliphatic rings. The molecule has 25 heavy (non-hydrogen) atoms. The molecule has 0 fully saturated rings. The van der Waals surface area contributed by atoms with Crippen molar-refractivity contribution in [2.75, 3.05) is 6.79 Å². The molecule has 0 saturated carbocycles. The number of carboxylic acids is 1. The van der Waals surface area contributed by atoms with E-state index in [-0.39, 0.29) is 12.4 Å². The smallest absolute Gasteiger partial charge is 0.231 e. The van der Waals surface area contributed by atoms with Crippen LogP contribution in [0.3, 0.4) is 0 Å². The summed E-state index contributed by atoms with van der Waals surface area (Å²) in [6.07, 6.45) is 3.59. The molecule has 3 aromatic rings. The number of hydrogen-bond acceptors (Lipinski definition) is 5. The van der Waals surface area contributed by atoms with Gasteiger partial charge in [-0.1, -0.05) is 24.3 Å². The van der Waals surface area contributed by atoms with Crippen molar-refractivity contribution in [1.82, 2.24) is 4.98 Å². The van der Waals surface area contributed by atoms with E-state index in [1.807, 2.05) is 24.3 Å². The first-order valence-electron chi connectivity index (χ1n) is 7.50. The van der Waals surface area contributed by atoms with Crippen molar-refractivity contribution in [3.8, 4) is 11.5 Å². The summed E-state index contributed by atoms with van der Waals surface area (Å²) in [6.45, 7) is 0.197. The maximum atomic E-state index is 11.4. The predicted molar refractivity (Wildman–Crippen MR) is 95.3 cm³/mol. The summed E-state index contributed by atoms with van der Waals surface area (Å²) in [5.74, 6) is 0.121. The summed E-state index contributed by atoms with van der Waals surface area (Å²) < 4.78 is 11.5. The molecule has 124 valence electrons. The first kappa shape index (κ1) is 15.7. The zero-order valence-electron chi connectivity index (χ0n) is 12.9. The molecular weight excluding hydrogens is 386 g/mol. The standard InChI is InChI=1S/C19H12BrNO4/c20-15-7-11(8-17-18(15)25-10-24-17)5-6-12-9-14(19(22)23)13-3-1-2-4-16(13)21-12/h1-9H,10H2,(H,22,23)/p-1/b6-5+. The number of carboxylic acid groups (broad SMARTS) is 1. The Morgan fingerprint density at radius 3 is 2.84 bits per heavy atom. The summed E-state index contributed by atoms with van der Waals surface area (Å²) >= 11 is 3.45. The minimum atomic E-state index is -1.22. The minimum absolute atomic E-state index is 0.122. The summed E-state index contributed by atoms with van der Waals surface area (Å²) in [4.78, 5) is 15.9. The van der Waals surface area contributed by atoms with Gasteiger partial charge in [0.25, 0.3) is 0 Å². The fourth-order valence-electron chi connectivity index (χ4n) is 2.72. The van der Waals surface area contributed by atoms with Crippen LogP contribution in [0.1, 0.15) is 21.6 Å². The van der Waals surface area contributed by atoms with Gasteiger partial charge in [0.2, 0.25) is 6.79 Å². The highest BCUT2D eigenvalue weighted by molar-refractivity contribution is 9.10. The van der Waals surface area contributed by atoms with Gasteiger partial charge in [0, 0.05) is 10.9 Å². The number of aromatic carboxylic acids is 1. The van der Waals surface area contributed by atoms with Crippen LogP contribution in [0.5, 0.6) is 11.5 Å². The van der Waals surface area contributed by atoms with Crippen LogP contribution < -0.4 is 14.6 Å². The van der Waals surface area contributed by atoms with Crippen LogP contribution >= 0.6 is 15.9 Å². The molecule has 0 saturated heterocycles. The lowest BCUT2D eigenvalue weighted by atomic mass is 10.1. The van der Waals surface area contributed by atoms with E-state index in [9.17, 15) is 9.90 Å². The van der Waals surface area contributed by atoms with Crippen LogP contribution in [0.4, 0.5) is 0 Å². The second kappa shape index (κ2) is 6.22. The number of benzene rings is 2. The van der Waals surface area contributed by atoms with E-state index in [2.05, 4.69) is 20.9 Å². The number of aromatic nitrogens is 1. The monoisotopic (exact) mass is 396 g/mol. The average molecular weight is 397 g/mol. The Bertz CT molecular complexity index is 1030. The number of para-hydroxylation sites is 1. The molecule has 6 heteroatoms. The third kappa shape index (κ3) is 2.96. The molecule has 0 amide bonds. The third-order valence-corrected chi connectivity index (χ3v) is 4.44. The van der Waals surface area contributed by atoms with E-state index in [0.29, 0.717) is 28.1 Å². The number of ether oxygens (including phenoxy) is 2. The van der Waals surface area contributed by atoms with Gasteiger partial charge in [0.1, 0.15) is 0 Å². The van der Waals surface area contributed by atoms with Gasteiger partial charge < -0.3 is 19.4 Å². The van der Waals surface area contributed by atoms with Gasteiger partial charge in [-0.05, 0) is 51.8 Å². The number of nitrogens with zero attached hydrogens (tertiary/aromatic N) is 1. The molecule has 0 radical (unpaired) electrons. The Hall–Kier alpha value is -2.86. The summed E-state index contributed by atoms with van der Waals surface area (Å²) in [5, 5.41) is 12.0. The number of rotatable bonds is 3. The molecule has 0 unspecified atom stereocenters. The van der Waals surface area contributed by atoms with Crippen LogP contribution in [-0.2, 0) is 0 Å². The van der Waals surface area contributed by atoms with Gasteiger partial charge in [-0.25, -0.2) is 4.98 Å². The number of fused-ring (bicyclic) bond motifs is 2. The van der Waals surface area contributed by atoms with Gasteiger partial charge in [-0.3, -0.25) is 0 Å². The highest BCUT2D eigenvalue weighted by Gasteiger charge is 2.17. The Morgan fingerprint density at radius 1 is 1.16 bits per heavy atom. The molecule has 0 atom stereocenters. The fourth-order valence-corrected chi connectivity index (χ4v) is 3.29. The van der Waals surface area contributed by atoms with Crippen molar-refractivity contribution in [2.24, 2.45) is 0 Å². The van der Waals surface area contributed by atoms with Gasteiger partial charge in [-0.2, -0.15) is 0 Å². The van der Waals surface area contributed by atoms with Crippen molar-refractivity contribution in [3.05, 3.63) is 63.8 Å². The Kier molecular flexibility index (Phi) is 3.89. The minimum Gasteiger partial charge on any atom is -0.545 e. The number of carbonyl (C=O) groups is 1. The van der Waals surface area contributed by atoms with Crippen molar-refractivity contribution in [3.63, 3.8) is 0 Å². The van der Waals surface area contributed by atoms with Crippen LogP contribution in [0.2, 0.25) is 0 Å². The highest BCUT2D eigenvalue weighted by atomic mass is 79.9. The Balaban J connectivity index is 1.75. The molecule has 1 aliphatic heterocycles. The second-order valence-corrected chi connectivity index (χ2v) is 6.32. The van der Waals surface area contributed by atoms with Gasteiger partial charge in [-0.15, -0.1) is 0 Å². The van der Waals surface area contributed by atoms with Crippen molar-refractivity contribution in [2.45, 2.75) is 0 Å². The second-order valence-electron chi connectivity index (χ2n) is 5.47. The average Bonchev–Trinajstić information content (AvgIpc) is 3.08. The molecule has 0 spiro atoms. The van der Waals surface area contributed by atoms with E-state index < -0.39 is 5.97 Å². The lowest BCUT2D eigenvalue weighted by molar-refractivity contribution is -0.254. The fraction of sp³-hybridized carbons (Fsp3) is 0.0526. The molecule has 4 rings (SSSR count). The van der Waals surface area contributed by atoms with E-state index in [4.69, 9.17) is 9.47 Å². The maximum absolute atomic E-state index is 11.4. The topological polar surface area (TPSA) is 71.5 Å². The van der Waals surface area contributed by atoms with Crippen LogP contribution in [0.25, 0.3) is 23.1 Å². The zero-order chi connectivity index (χ0) is 17.4. The van der Waals surface area contributed by atoms with Crippen LogP contribution in [0, 0.1) is 0 Å². The molecule has 2 aromatic carbocycles. The number of carbonyl (C=O) groups excluding carboxylic acids is 1. The number of pyridine rings is 1. The van der Waals surface area contributed by atoms with Gasteiger partial charge in [0.05, 0.1) is 21.7 Å². The first-order chi connectivity index (χ1) is 12.1. The Morgan fingerprint density at radius 2 is 2.00 bits per heavy atom.